The van der Waals surface area contributed by atoms with Crippen LogP contribution in [0, 0.1) is 20.8 Å². The number of nitrogens with one attached hydrogen (secondary N) is 1. The van der Waals surface area contributed by atoms with E-state index in [1.54, 1.807) is 36.0 Å². The molecule has 3 rings (SSSR count). The average molecular weight is 401 g/mol. The molecule has 1 aromatic carbocycles. The molecule has 0 unspecified atom stereocenters. The number of anilines is 1. The van der Waals surface area contributed by atoms with Crippen molar-refractivity contribution in [2.24, 2.45) is 7.05 Å². The molecule has 0 aliphatic carbocycles. The third-order valence-corrected chi connectivity index (χ3v) is 6.50. The molecule has 9 heteroatoms. The largest absolute Gasteiger partial charge is 0.324 e. The molecule has 0 aliphatic rings. The van der Waals surface area contributed by atoms with Gasteiger partial charge < -0.3 is 5.32 Å². The van der Waals surface area contributed by atoms with Crippen LogP contribution in [-0.2, 0) is 21.9 Å². The Morgan fingerprint density at radius 3 is 2.57 bits per heavy atom. The van der Waals surface area contributed by atoms with Gasteiger partial charge in [-0.3, -0.25) is 9.48 Å². The Balaban J connectivity index is 1.75. The molecular formula is C19H23N5O3S. The van der Waals surface area contributed by atoms with Gasteiger partial charge in [0.15, 0.2) is 5.65 Å². The van der Waals surface area contributed by atoms with E-state index in [9.17, 15) is 13.2 Å². The molecule has 0 atom stereocenters. The van der Waals surface area contributed by atoms with Crippen LogP contribution in [0.15, 0.2) is 35.4 Å². The summed E-state index contributed by atoms with van der Waals surface area (Å²) in [6.45, 7) is 5.32. The zero-order chi connectivity index (χ0) is 20.6. The van der Waals surface area contributed by atoms with Crippen molar-refractivity contribution in [1.29, 1.82) is 0 Å². The summed E-state index contributed by atoms with van der Waals surface area (Å²) < 4.78 is 28.2. The summed E-state index contributed by atoms with van der Waals surface area (Å²) in [6.07, 6.45) is 1.53. The number of amides is 1. The van der Waals surface area contributed by atoms with E-state index in [4.69, 9.17) is 0 Å². The van der Waals surface area contributed by atoms with Crippen LogP contribution < -0.4 is 5.32 Å². The summed E-state index contributed by atoms with van der Waals surface area (Å²) in [7, 11) is -0.576. The number of carbonyl (C=O) groups excluding carboxylic acids is 1. The Morgan fingerprint density at radius 1 is 1.18 bits per heavy atom. The summed E-state index contributed by atoms with van der Waals surface area (Å²) >= 11 is 0. The van der Waals surface area contributed by atoms with Crippen molar-refractivity contribution in [2.45, 2.75) is 25.7 Å². The third-order valence-electron chi connectivity index (χ3n) is 4.70. The fraction of sp³-hybridized carbons (Fsp3) is 0.316. The van der Waals surface area contributed by atoms with Gasteiger partial charge in [0, 0.05) is 19.5 Å². The fourth-order valence-corrected chi connectivity index (χ4v) is 4.13. The standard InChI is InChI=1S/C19H23N5O3S/c1-12-6-7-16(8-13(12)2)28(26,27)23(4)11-18(25)21-15-9-17-14(3)22-24(5)19(17)20-10-15/h6-10H,11H2,1-5H3,(H,21,25). The maximum absolute atomic E-state index is 12.7. The Hall–Kier alpha value is -2.78. The average Bonchev–Trinajstić information content (AvgIpc) is 2.90. The van der Waals surface area contributed by atoms with Gasteiger partial charge in [-0.15, -0.1) is 0 Å². The molecule has 1 amide bonds. The molecule has 2 aromatic heterocycles. The number of fused-ring (bicyclic) bond motifs is 1. The van der Waals surface area contributed by atoms with Crippen LogP contribution in [0.3, 0.4) is 0 Å². The highest BCUT2D eigenvalue weighted by atomic mass is 32.2. The van der Waals surface area contributed by atoms with Crippen molar-refractivity contribution in [3.8, 4) is 0 Å². The minimum absolute atomic E-state index is 0.167. The van der Waals surface area contributed by atoms with Crippen LogP contribution >= 0.6 is 0 Å². The van der Waals surface area contributed by atoms with Crippen LogP contribution in [0.1, 0.15) is 16.8 Å². The molecule has 0 saturated carbocycles. The second-order valence-electron chi connectivity index (χ2n) is 6.86. The zero-order valence-electron chi connectivity index (χ0n) is 16.5. The van der Waals surface area contributed by atoms with Gasteiger partial charge in [0.25, 0.3) is 0 Å². The highest BCUT2D eigenvalue weighted by Crippen LogP contribution is 2.20. The van der Waals surface area contributed by atoms with Crippen LogP contribution in [0.25, 0.3) is 11.0 Å². The molecule has 0 fully saturated rings. The van der Waals surface area contributed by atoms with Gasteiger partial charge in [0.2, 0.25) is 15.9 Å². The van der Waals surface area contributed by atoms with Crippen molar-refractivity contribution in [3.63, 3.8) is 0 Å². The first-order valence-electron chi connectivity index (χ1n) is 8.72. The number of hydrogen-bond acceptors (Lipinski definition) is 5. The molecule has 28 heavy (non-hydrogen) atoms. The Kier molecular flexibility index (Phi) is 5.22. The third kappa shape index (κ3) is 3.76. The summed E-state index contributed by atoms with van der Waals surface area (Å²) in [4.78, 5) is 16.9. The number of hydrogen-bond donors (Lipinski definition) is 1. The molecule has 8 nitrogen and oxygen atoms in total. The maximum Gasteiger partial charge on any atom is 0.243 e. The highest BCUT2D eigenvalue weighted by molar-refractivity contribution is 7.89. The molecule has 0 saturated heterocycles. The van der Waals surface area contributed by atoms with Crippen molar-refractivity contribution >= 4 is 32.7 Å². The van der Waals surface area contributed by atoms with Gasteiger partial charge in [-0.1, -0.05) is 6.07 Å². The molecule has 2 heterocycles. The number of nitrogens with zero attached hydrogens (tertiary/aromatic N) is 4. The minimum atomic E-state index is -3.76. The van der Waals surface area contributed by atoms with Crippen LogP contribution in [0.2, 0.25) is 0 Å². The monoisotopic (exact) mass is 401 g/mol. The van der Waals surface area contributed by atoms with Gasteiger partial charge in [-0.2, -0.15) is 9.40 Å². The number of carbonyl (C=O) groups is 1. The van der Waals surface area contributed by atoms with E-state index in [0.29, 0.717) is 11.3 Å². The quantitative estimate of drug-likeness (QED) is 0.707. The molecule has 1 N–H and O–H groups in total. The SMILES string of the molecule is Cc1ccc(S(=O)(=O)N(C)CC(=O)Nc2cnc3c(c2)c(C)nn3C)cc1C. The lowest BCUT2D eigenvalue weighted by Crippen LogP contribution is -2.35. The topological polar surface area (TPSA) is 97.2 Å². The smallest absolute Gasteiger partial charge is 0.243 e. The van der Waals surface area contributed by atoms with Gasteiger partial charge >= 0.3 is 0 Å². The van der Waals surface area contributed by atoms with Crippen LogP contribution in [-0.4, -0.2) is 47.0 Å². The molecule has 3 aromatic rings. The first kappa shape index (κ1) is 20.0. The van der Waals surface area contributed by atoms with Crippen molar-refractivity contribution in [1.82, 2.24) is 19.1 Å². The number of likely N-dealkylation sites (N-methyl/N-ethyl adjacent to an activating group) is 1. The van der Waals surface area contributed by atoms with E-state index >= 15 is 0 Å². The Morgan fingerprint density at radius 2 is 1.89 bits per heavy atom. The second kappa shape index (κ2) is 7.33. The lowest BCUT2D eigenvalue weighted by Gasteiger charge is -2.17. The van der Waals surface area contributed by atoms with E-state index in [2.05, 4.69) is 15.4 Å². The molecule has 0 aliphatic heterocycles. The first-order valence-corrected chi connectivity index (χ1v) is 10.2. The Bertz CT molecular complexity index is 1170. The normalized spacial score (nSPS) is 11.9. The van der Waals surface area contributed by atoms with Crippen molar-refractivity contribution in [3.05, 3.63) is 47.3 Å². The van der Waals surface area contributed by atoms with Crippen molar-refractivity contribution < 1.29 is 13.2 Å². The van der Waals surface area contributed by atoms with Crippen molar-refractivity contribution in [2.75, 3.05) is 18.9 Å². The first-order chi connectivity index (χ1) is 13.1. The van der Waals surface area contributed by atoms with Crippen LogP contribution in [0.4, 0.5) is 5.69 Å². The molecule has 0 spiro atoms. The fourth-order valence-electron chi connectivity index (χ4n) is 2.92. The minimum Gasteiger partial charge on any atom is -0.324 e. The van der Waals surface area contributed by atoms with E-state index in [1.807, 2.05) is 20.8 Å². The van der Waals surface area contributed by atoms with Gasteiger partial charge in [-0.25, -0.2) is 13.4 Å². The van der Waals surface area contributed by atoms with Gasteiger partial charge in [0.05, 0.1) is 29.0 Å². The zero-order valence-corrected chi connectivity index (χ0v) is 17.3. The van der Waals surface area contributed by atoms with Gasteiger partial charge in [0.1, 0.15) is 0 Å². The van der Waals surface area contributed by atoms with Crippen LogP contribution in [0.5, 0.6) is 0 Å². The number of aryl methyl sites for hydroxylation is 4. The lowest BCUT2D eigenvalue weighted by atomic mass is 10.1. The van der Waals surface area contributed by atoms with Gasteiger partial charge in [-0.05, 0) is 50.1 Å². The summed E-state index contributed by atoms with van der Waals surface area (Å²) in [6, 6.07) is 6.70. The van der Waals surface area contributed by atoms with E-state index in [0.717, 1.165) is 26.5 Å². The lowest BCUT2D eigenvalue weighted by molar-refractivity contribution is -0.116. The summed E-state index contributed by atoms with van der Waals surface area (Å²) in [5.41, 5.74) is 3.89. The molecular weight excluding hydrogens is 378 g/mol. The van der Waals surface area contributed by atoms with E-state index in [-0.39, 0.29) is 11.4 Å². The predicted octanol–water partition coefficient (Wildman–Crippen LogP) is 2.15. The molecule has 0 bridgehead atoms. The number of pyridine rings is 1. The molecule has 148 valence electrons. The summed E-state index contributed by atoms with van der Waals surface area (Å²) in [5.74, 6) is -0.447. The molecule has 0 radical (unpaired) electrons. The van der Waals surface area contributed by atoms with E-state index < -0.39 is 15.9 Å². The highest BCUT2D eigenvalue weighted by Gasteiger charge is 2.23. The number of sulfonamides is 1. The number of aromatic nitrogens is 3. The summed E-state index contributed by atoms with van der Waals surface area (Å²) in [5, 5.41) is 7.82. The predicted molar refractivity (Wildman–Crippen MR) is 108 cm³/mol. The number of benzene rings is 1. The maximum atomic E-state index is 12.7. The number of rotatable bonds is 5. The second-order valence-corrected chi connectivity index (χ2v) is 8.90. The van der Waals surface area contributed by atoms with E-state index in [1.165, 1.54) is 13.2 Å². The Labute approximate surface area is 164 Å².